The van der Waals surface area contributed by atoms with Gasteiger partial charge in [0.2, 0.25) is 5.95 Å². The third kappa shape index (κ3) is 3.15. The molecule has 3 heterocycles. The number of carbonyl (C=O) groups is 2. The van der Waals surface area contributed by atoms with Gasteiger partial charge >= 0.3 is 5.91 Å². The van der Waals surface area contributed by atoms with Gasteiger partial charge in [0.15, 0.2) is 0 Å². The van der Waals surface area contributed by atoms with Crippen LogP contribution in [0.4, 0.5) is 5.95 Å². The van der Waals surface area contributed by atoms with E-state index in [1.54, 1.807) is 36.4 Å². The normalized spacial score (nSPS) is 18.1. The van der Waals surface area contributed by atoms with Crippen molar-refractivity contribution in [3.63, 3.8) is 0 Å². The molecule has 1 fully saturated rings. The lowest BCUT2D eigenvalue weighted by molar-refractivity contribution is -0.132. The van der Waals surface area contributed by atoms with Gasteiger partial charge in [0.1, 0.15) is 17.6 Å². The Bertz CT molecular complexity index is 1360. The van der Waals surface area contributed by atoms with E-state index in [0.717, 1.165) is 21.1 Å². The molecule has 7 nitrogen and oxygen atoms in total. The van der Waals surface area contributed by atoms with Gasteiger partial charge in [-0.05, 0) is 61.4 Å². The number of furan rings is 1. The zero-order valence-corrected chi connectivity index (χ0v) is 18.8. The smallest absolute Gasteiger partial charge is 0.302 e. The van der Waals surface area contributed by atoms with E-state index in [4.69, 9.17) is 4.42 Å². The van der Waals surface area contributed by atoms with Gasteiger partial charge in [-0.15, -0.1) is 0 Å². The van der Waals surface area contributed by atoms with Crippen molar-refractivity contribution in [2.75, 3.05) is 4.90 Å². The SMILES string of the molecule is Cc1cc2nc(N3C(=O)C(=O)/C(=C(/O)c4ccc(Br)cc4)C3c3ccco3)[nH]c2cc1C. The number of anilines is 1. The first-order chi connectivity index (χ1) is 15.3. The van der Waals surface area contributed by atoms with Gasteiger partial charge < -0.3 is 14.5 Å². The van der Waals surface area contributed by atoms with Crippen molar-refractivity contribution in [1.82, 2.24) is 9.97 Å². The Morgan fingerprint density at radius 3 is 2.53 bits per heavy atom. The van der Waals surface area contributed by atoms with Crippen molar-refractivity contribution in [3.8, 4) is 0 Å². The summed E-state index contributed by atoms with van der Waals surface area (Å²) in [5.41, 5.74) is 3.92. The Kier molecular flexibility index (Phi) is 4.74. The third-order valence-electron chi connectivity index (χ3n) is 5.69. The Hall–Kier alpha value is -3.65. The number of amides is 1. The molecule has 2 N–H and O–H groups in total. The standard InChI is InChI=1S/C24H18BrN3O4/c1-12-10-16-17(11-13(12)2)27-24(26-16)28-20(18-4-3-9-32-18)19(22(30)23(28)31)21(29)14-5-7-15(25)8-6-14/h3-11,20,29H,1-2H3,(H,26,27)/b21-19+. The molecule has 1 atom stereocenters. The van der Waals surface area contributed by atoms with Gasteiger partial charge in [0.25, 0.3) is 5.78 Å². The van der Waals surface area contributed by atoms with E-state index in [-0.39, 0.29) is 17.3 Å². The number of nitrogens with zero attached hydrogens (tertiary/aromatic N) is 2. The molecule has 1 aliphatic rings. The topological polar surface area (TPSA) is 99.4 Å². The van der Waals surface area contributed by atoms with Crippen molar-refractivity contribution < 1.29 is 19.1 Å². The van der Waals surface area contributed by atoms with Crippen LogP contribution in [0.25, 0.3) is 16.8 Å². The largest absolute Gasteiger partial charge is 0.507 e. The molecule has 1 saturated heterocycles. The van der Waals surface area contributed by atoms with Crippen molar-refractivity contribution in [2.45, 2.75) is 19.9 Å². The lowest BCUT2D eigenvalue weighted by Crippen LogP contribution is -2.30. The summed E-state index contributed by atoms with van der Waals surface area (Å²) in [6.07, 6.45) is 1.46. The summed E-state index contributed by atoms with van der Waals surface area (Å²) in [5.74, 6) is -1.32. The van der Waals surface area contributed by atoms with E-state index in [2.05, 4.69) is 25.9 Å². The number of hydrogen-bond donors (Lipinski definition) is 2. The number of carbonyl (C=O) groups excluding carboxylic acids is 2. The second-order valence-corrected chi connectivity index (χ2v) is 8.62. The number of hydrogen-bond acceptors (Lipinski definition) is 5. The summed E-state index contributed by atoms with van der Waals surface area (Å²) in [6, 6.07) is 13.1. The number of nitrogens with one attached hydrogen (secondary N) is 1. The molecule has 0 saturated carbocycles. The maximum Gasteiger partial charge on any atom is 0.302 e. The van der Waals surface area contributed by atoms with Crippen LogP contribution in [0.15, 0.2) is 69.3 Å². The predicted octanol–water partition coefficient (Wildman–Crippen LogP) is 5.16. The number of benzene rings is 2. The van der Waals surface area contributed by atoms with Crippen LogP contribution in [0, 0.1) is 13.8 Å². The maximum atomic E-state index is 13.1. The molecule has 5 rings (SSSR count). The highest BCUT2D eigenvalue weighted by Gasteiger charge is 2.49. The first kappa shape index (κ1) is 20.3. The van der Waals surface area contributed by atoms with Crippen LogP contribution in [-0.2, 0) is 9.59 Å². The summed E-state index contributed by atoms with van der Waals surface area (Å²) in [5, 5.41) is 11.0. The molecular formula is C24H18BrN3O4. The average Bonchev–Trinajstić information content (AvgIpc) is 3.48. The first-order valence-electron chi connectivity index (χ1n) is 9.92. The number of fused-ring (bicyclic) bond motifs is 1. The highest BCUT2D eigenvalue weighted by Crippen LogP contribution is 2.42. The zero-order chi connectivity index (χ0) is 22.6. The molecule has 2 aromatic heterocycles. The number of ketones is 1. The average molecular weight is 492 g/mol. The van der Waals surface area contributed by atoms with Crippen molar-refractivity contribution in [3.05, 3.63) is 87.3 Å². The molecule has 0 aliphatic carbocycles. The molecule has 0 spiro atoms. The van der Waals surface area contributed by atoms with Crippen LogP contribution in [0.1, 0.15) is 28.5 Å². The monoisotopic (exact) mass is 491 g/mol. The number of aryl methyl sites for hydroxylation is 2. The molecule has 32 heavy (non-hydrogen) atoms. The number of halogens is 1. The van der Waals surface area contributed by atoms with E-state index in [0.29, 0.717) is 16.8 Å². The molecule has 160 valence electrons. The lowest BCUT2D eigenvalue weighted by Gasteiger charge is -2.20. The van der Waals surface area contributed by atoms with Crippen LogP contribution >= 0.6 is 15.9 Å². The van der Waals surface area contributed by atoms with Crippen molar-refractivity contribution >= 4 is 50.4 Å². The molecule has 1 aliphatic heterocycles. The summed E-state index contributed by atoms with van der Waals surface area (Å²) >= 11 is 3.36. The van der Waals surface area contributed by atoms with E-state index in [1.807, 2.05) is 26.0 Å². The Morgan fingerprint density at radius 1 is 1.12 bits per heavy atom. The molecule has 1 unspecified atom stereocenters. The fourth-order valence-electron chi connectivity index (χ4n) is 3.90. The van der Waals surface area contributed by atoms with Gasteiger partial charge in [-0.25, -0.2) is 4.98 Å². The minimum absolute atomic E-state index is 0.0555. The number of H-pyrrole nitrogens is 1. The lowest BCUT2D eigenvalue weighted by atomic mass is 9.99. The quantitative estimate of drug-likeness (QED) is 0.234. The summed E-state index contributed by atoms with van der Waals surface area (Å²) in [6.45, 7) is 3.97. The third-order valence-corrected chi connectivity index (χ3v) is 6.22. The second-order valence-electron chi connectivity index (χ2n) is 7.71. The summed E-state index contributed by atoms with van der Waals surface area (Å²) in [4.78, 5) is 35.2. The minimum Gasteiger partial charge on any atom is -0.507 e. The molecule has 4 aromatic rings. The highest BCUT2D eigenvalue weighted by molar-refractivity contribution is 9.10. The van der Waals surface area contributed by atoms with E-state index in [1.165, 1.54) is 11.2 Å². The number of aromatic nitrogens is 2. The van der Waals surface area contributed by atoms with Gasteiger partial charge in [-0.1, -0.05) is 28.1 Å². The fraction of sp³-hybridized carbons (Fsp3) is 0.125. The first-order valence-corrected chi connectivity index (χ1v) is 10.7. The Labute approximate surface area is 191 Å². The number of aliphatic hydroxyl groups excluding tert-OH is 1. The van der Waals surface area contributed by atoms with Crippen molar-refractivity contribution in [2.24, 2.45) is 0 Å². The van der Waals surface area contributed by atoms with Gasteiger partial charge in [0.05, 0.1) is 22.9 Å². The van der Waals surface area contributed by atoms with Crippen LogP contribution in [0.3, 0.4) is 0 Å². The van der Waals surface area contributed by atoms with Crippen LogP contribution < -0.4 is 4.90 Å². The Morgan fingerprint density at radius 2 is 1.84 bits per heavy atom. The molecule has 0 bridgehead atoms. The van der Waals surface area contributed by atoms with Crippen molar-refractivity contribution in [1.29, 1.82) is 0 Å². The van der Waals surface area contributed by atoms with E-state index >= 15 is 0 Å². The molecule has 0 radical (unpaired) electrons. The van der Waals surface area contributed by atoms with Gasteiger partial charge in [0, 0.05) is 10.0 Å². The number of Topliss-reactive ketones (excluding diaryl/α,β-unsaturated/α-hetero) is 1. The number of imidazole rings is 1. The van der Waals surface area contributed by atoms with E-state index < -0.39 is 17.7 Å². The molecular weight excluding hydrogens is 474 g/mol. The number of aromatic amines is 1. The highest BCUT2D eigenvalue weighted by atomic mass is 79.9. The van der Waals surface area contributed by atoms with Crippen LogP contribution in [0.2, 0.25) is 0 Å². The Balaban J connectivity index is 1.71. The summed E-state index contributed by atoms with van der Waals surface area (Å²) < 4.78 is 6.40. The van der Waals surface area contributed by atoms with E-state index in [9.17, 15) is 14.7 Å². The predicted molar refractivity (Wildman–Crippen MR) is 123 cm³/mol. The molecule has 2 aromatic carbocycles. The molecule has 1 amide bonds. The van der Waals surface area contributed by atoms with Crippen LogP contribution in [-0.4, -0.2) is 26.8 Å². The minimum atomic E-state index is -0.962. The fourth-order valence-corrected chi connectivity index (χ4v) is 4.16. The van der Waals surface area contributed by atoms with Gasteiger partial charge in [-0.2, -0.15) is 0 Å². The van der Waals surface area contributed by atoms with Gasteiger partial charge in [-0.3, -0.25) is 14.5 Å². The molecule has 8 heteroatoms. The van der Waals surface area contributed by atoms with Crippen LogP contribution in [0.5, 0.6) is 0 Å². The maximum absolute atomic E-state index is 13.1. The summed E-state index contributed by atoms with van der Waals surface area (Å²) in [7, 11) is 0. The number of aliphatic hydroxyl groups is 1. The second kappa shape index (κ2) is 7.49. The zero-order valence-electron chi connectivity index (χ0n) is 17.2. The number of rotatable bonds is 3.